The molecule has 1 amide bonds. The van der Waals surface area contributed by atoms with Crippen molar-refractivity contribution >= 4 is 21.6 Å². The molecular weight excluding hydrogens is 374 g/mol. The second-order valence-electron chi connectivity index (χ2n) is 7.53. The molecule has 0 saturated heterocycles. The van der Waals surface area contributed by atoms with E-state index in [0.29, 0.717) is 23.7 Å². The number of rotatable bonds is 9. The Bertz CT molecular complexity index is 920. The largest absolute Gasteiger partial charge is 0.322 e. The third-order valence-corrected chi connectivity index (χ3v) is 6.15. The van der Waals surface area contributed by atoms with Crippen LogP contribution in [0.3, 0.4) is 0 Å². The molecule has 0 heterocycles. The number of benzene rings is 2. The number of likely N-dealkylation sites (N-methyl/N-ethyl adjacent to an activating group) is 1. The van der Waals surface area contributed by atoms with Crippen molar-refractivity contribution in [1.82, 2.24) is 9.62 Å². The number of anilines is 1. The minimum Gasteiger partial charge on any atom is -0.322 e. The fourth-order valence-electron chi connectivity index (χ4n) is 2.75. The average molecular weight is 402 g/mol. The number of sulfonamides is 1. The summed E-state index contributed by atoms with van der Waals surface area (Å²) in [5, 5.41) is 2.82. The highest BCUT2D eigenvalue weighted by molar-refractivity contribution is 7.89. The van der Waals surface area contributed by atoms with Crippen LogP contribution in [0.25, 0.3) is 0 Å². The maximum Gasteiger partial charge on any atom is 0.255 e. The van der Waals surface area contributed by atoms with E-state index >= 15 is 0 Å². The topological polar surface area (TPSA) is 78.5 Å². The summed E-state index contributed by atoms with van der Waals surface area (Å²) in [5.41, 5.74) is 2.19. The van der Waals surface area contributed by atoms with Gasteiger partial charge < -0.3 is 10.2 Å². The maximum atomic E-state index is 12.5. The van der Waals surface area contributed by atoms with Crippen molar-refractivity contribution in [2.75, 3.05) is 32.5 Å². The Hall–Kier alpha value is -2.22. The highest BCUT2D eigenvalue weighted by atomic mass is 32.2. The number of carbonyl (C=O) groups excluding carboxylic acids is 1. The summed E-state index contributed by atoms with van der Waals surface area (Å²) in [6.07, 6.45) is 3.08. The van der Waals surface area contributed by atoms with Crippen molar-refractivity contribution in [3.05, 3.63) is 59.7 Å². The number of hydrogen-bond donors (Lipinski definition) is 2. The van der Waals surface area contributed by atoms with Gasteiger partial charge in [-0.25, -0.2) is 13.1 Å². The summed E-state index contributed by atoms with van der Waals surface area (Å²) in [5.74, 6) is 0.113. The number of amides is 1. The Morgan fingerprint density at radius 1 is 1.11 bits per heavy atom. The van der Waals surface area contributed by atoms with Crippen molar-refractivity contribution in [1.29, 1.82) is 0 Å². The van der Waals surface area contributed by atoms with Crippen LogP contribution in [-0.2, 0) is 16.4 Å². The molecule has 6 nitrogen and oxygen atoms in total. The van der Waals surface area contributed by atoms with E-state index in [1.54, 1.807) is 12.1 Å². The predicted octanol–water partition coefficient (Wildman–Crippen LogP) is 2.73. The van der Waals surface area contributed by atoms with E-state index < -0.39 is 10.0 Å². The van der Waals surface area contributed by atoms with E-state index in [9.17, 15) is 13.2 Å². The summed E-state index contributed by atoms with van der Waals surface area (Å²) in [6, 6.07) is 13.8. The first-order chi connectivity index (χ1) is 13.3. The fourth-order valence-corrected chi connectivity index (χ4v) is 3.91. The van der Waals surface area contributed by atoms with Crippen LogP contribution in [0.4, 0.5) is 5.69 Å². The molecule has 0 spiro atoms. The smallest absolute Gasteiger partial charge is 0.255 e. The van der Waals surface area contributed by atoms with Crippen LogP contribution in [0.2, 0.25) is 0 Å². The van der Waals surface area contributed by atoms with Crippen LogP contribution in [-0.4, -0.2) is 46.4 Å². The minimum atomic E-state index is -3.60. The SMILES string of the molecule is CN(C)CCc1ccc(NC(=O)c2cccc(S(=O)(=O)NCC3CC3)c2)cc1. The molecule has 0 bridgehead atoms. The maximum absolute atomic E-state index is 12.5. The zero-order chi connectivity index (χ0) is 20.1. The zero-order valence-corrected chi connectivity index (χ0v) is 17.1. The molecule has 0 aliphatic heterocycles. The Kier molecular flexibility index (Phi) is 6.49. The predicted molar refractivity (Wildman–Crippen MR) is 111 cm³/mol. The lowest BCUT2D eigenvalue weighted by Crippen LogP contribution is -2.26. The molecule has 1 aliphatic carbocycles. The molecule has 0 atom stereocenters. The van der Waals surface area contributed by atoms with Gasteiger partial charge in [-0.2, -0.15) is 0 Å². The molecule has 3 rings (SSSR count). The third-order valence-electron chi connectivity index (χ3n) is 4.72. The van der Waals surface area contributed by atoms with Crippen molar-refractivity contribution in [3.8, 4) is 0 Å². The van der Waals surface area contributed by atoms with E-state index in [-0.39, 0.29) is 10.8 Å². The minimum absolute atomic E-state index is 0.111. The molecule has 1 aliphatic rings. The second-order valence-corrected chi connectivity index (χ2v) is 9.29. The molecule has 0 aromatic heterocycles. The molecule has 1 fully saturated rings. The highest BCUT2D eigenvalue weighted by Gasteiger charge is 2.24. The van der Waals surface area contributed by atoms with Crippen LogP contribution >= 0.6 is 0 Å². The fraction of sp³-hybridized carbons (Fsp3) is 0.381. The number of nitrogens with zero attached hydrogens (tertiary/aromatic N) is 1. The van der Waals surface area contributed by atoms with Crippen molar-refractivity contribution in [2.24, 2.45) is 5.92 Å². The molecule has 2 aromatic rings. The quantitative estimate of drug-likeness (QED) is 0.677. The number of nitrogens with one attached hydrogen (secondary N) is 2. The molecule has 0 unspecified atom stereocenters. The Morgan fingerprint density at radius 3 is 2.46 bits per heavy atom. The summed E-state index contributed by atoms with van der Waals surface area (Å²) < 4.78 is 27.4. The molecule has 2 aromatic carbocycles. The van der Waals surface area contributed by atoms with Crippen LogP contribution in [0, 0.1) is 5.92 Å². The molecule has 7 heteroatoms. The van der Waals surface area contributed by atoms with Crippen LogP contribution in [0.1, 0.15) is 28.8 Å². The number of carbonyl (C=O) groups is 1. The van der Waals surface area contributed by atoms with Gasteiger partial charge in [-0.3, -0.25) is 4.79 Å². The third kappa shape index (κ3) is 5.89. The van der Waals surface area contributed by atoms with Crippen LogP contribution < -0.4 is 10.0 Å². The summed E-state index contributed by atoms with van der Waals surface area (Å²) in [7, 11) is 0.467. The van der Waals surface area contributed by atoms with E-state index in [4.69, 9.17) is 0 Å². The van der Waals surface area contributed by atoms with E-state index in [1.807, 2.05) is 38.4 Å². The lowest BCUT2D eigenvalue weighted by Gasteiger charge is -2.11. The van der Waals surface area contributed by atoms with Gasteiger partial charge in [0.05, 0.1) is 4.90 Å². The first kappa shape index (κ1) is 20.5. The van der Waals surface area contributed by atoms with Gasteiger partial charge in [-0.1, -0.05) is 18.2 Å². The molecular formula is C21H27N3O3S. The standard InChI is InChI=1S/C21H27N3O3S/c1-24(2)13-12-16-8-10-19(11-9-16)23-21(25)18-4-3-5-20(14-18)28(26,27)22-15-17-6-7-17/h3-5,8-11,14,17,22H,6-7,12-13,15H2,1-2H3,(H,23,25). The van der Waals surface area contributed by atoms with Crippen molar-refractivity contribution in [2.45, 2.75) is 24.2 Å². The molecule has 1 saturated carbocycles. The van der Waals surface area contributed by atoms with Crippen molar-refractivity contribution < 1.29 is 13.2 Å². The van der Waals surface area contributed by atoms with Crippen LogP contribution in [0.15, 0.2) is 53.4 Å². The van der Waals surface area contributed by atoms with E-state index in [1.165, 1.54) is 17.7 Å². The normalized spacial score (nSPS) is 14.2. The summed E-state index contributed by atoms with van der Waals surface area (Å²) in [4.78, 5) is 14.8. The first-order valence-electron chi connectivity index (χ1n) is 9.48. The molecule has 0 radical (unpaired) electrons. The Labute approximate surface area is 167 Å². The van der Waals surface area contributed by atoms with Crippen LogP contribution in [0.5, 0.6) is 0 Å². The first-order valence-corrected chi connectivity index (χ1v) is 11.0. The van der Waals surface area contributed by atoms with Gasteiger partial charge >= 0.3 is 0 Å². The van der Waals surface area contributed by atoms with E-state index in [0.717, 1.165) is 25.8 Å². The van der Waals surface area contributed by atoms with Gasteiger partial charge in [0.15, 0.2) is 0 Å². The average Bonchev–Trinajstić information content (AvgIpc) is 3.50. The lowest BCUT2D eigenvalue weighted by molar-refractivity contribution is 0.102. The van der Waals surface area contributed by atoms with Gasteiger partial charge in [-0.15, -0.1) is 0 Å². The van der Waals surface area contributed by atoms with E-state index in [2.05, 4.69) is 14.9 Å². The van der Waals surface area contributed by atoms with Gasteiger partial charge in [0, 0.05) is 24.3 Å². The van der Waals surface area contributed by atoms with Gasteiger partial charge in [0.2, 0.25) is 10.0 Å². The molecule has 2 N–H and O–H groups in total. The van der Waals surface area contributed by atoms with Gasteiger partial charge in [0.1, 0.15) is 0 Å². The van der Waals surface area contributed by atoms with Gasteiger partial charge in [0.25, 0.3) is 5.91 Å². The summed E-state index contributed by atoms with van der Waals surface area (Å²) in [6.45, 7) is 1.42. The number of hydrogen-bond acceptors (Lipinski definition) is 4. The Balaban J connectivity index is 1.64. The van der Waals surface area contributed by atoms with Crippen molar-refractivity contribution in [3.63, 3.8) is 0 Å². The van der Waals surface area contributed by atoms with Gasteiger partial charge in [-0.05, 0) is 75.2 Å². The monoisotopic (exact) mass is 401 g/mol. The molecule has 150 valence electrons. The Morgan fingerprint density at radius 2 is 1.82 bits per heavy atom. The highest BCUT2D eigenvalue weighted by Crippen LogP contribution is 2.28. The zero-order valence-electron chi connectivity index (χ0n) is 16.3. The summed E-state index contributed by atoms with van der Waals surface area (Å²) >= 11 is 0. The second kappa shape index (κ2) is 8.86. The lowest BCUT2D eigenvalue weighted by atomic mass is 10.1. The molecule has 28 heavy (non-hydrogen) atoms.